The van der Waals surface area contributed by atoms with Gasteiger partial charge in [0.25, 0.3) is 11.8 Å². The van der Waals surface area contributed by atoms with Crippen molar-refractivity contribution >= 4 is 27.7 Å². The van der Waals surface area contributed by atoms with Gasteiger partial charge in [-0.3, -0.25) is 14.5 Å². The number of amides is 2. The van der Waals surface area contributed by atoms with Gasteiger partial charge in [-0.05, 0) is 30.7 Å². The van der Waals surface area contributed by atoms with E-state index < -0.39 is 0 Å². The van der Waals surface area contributed by atoms with E-state index in [0.717, 1.165) is 4.47 Å². The molecular weight excluding hydrogens is 284 g/mol. The minimum Gasteiger partial charge on any atom is -0.330 e. The molecule has 0 saturated heterocycles. The fourth-order valence-electron chi connectivity index (χ4n) is 1.81. The van der Waals surface area contributed by atoms with Crippen LogP contribution in [0.2, 0.25) is 0 Å². The van der Waals surface area contributed by atoms with Crippen molar-refractivity contribution in [2.45, 2.75) is 6.92 Å². The van der Waals surface area contributed by atoms with E-state index in [9.17, 15) is 9.59 Å². The molecule has 1 aromatic rings. The topological polar surface area (TPSA) is 63.4 Å². The number of nitrogens with zero attached hydrogens (tertiary/aromatic N) is 1. The second kappa shape index (κ2) is 4.58. The second-order valence-electron chi connectivity index (χ2n) is 4.25. The summed E-state index contributed by atoms with van der Waals surface area (Å²) in [6.07, 6.45) is 0. The van der Waals surface area contributed by atoms with E-state index in [4.69, 9.17) is 5.73 Å². The number of nitrogens with two attached hydrogens (primary N) is 1. The number of imide groups is 1. The molecule has 0 bridgehead atoms. The standard InChI is InChI=1S/C12H13BrN2O2/c1-7(5-14)6-15-11(16)9-3-2-8(13)4-10(9)12(15)17/h2-4,7H,5-6,14H2,1H3. The molecule has 1 atom stereocenters. The summed E-state index contributed by atoms with van der Waals surface area (Å²) in [7, 11) is 0. The Kier molecular flexibility index (Phi) is 3.31. The van der Waals surface area contributed by atoms with E-state index >= 15 is 0 Å². The number of hydrogen-bond acceptors (Lipinski definition) is 3. The SMILES string of the molecule is CC(CN)CN1C(=O)c2ccc(Br)cc2C1=O. The fourth-order valence-corrected chi connectivity index (χ4v) is 2.18. The molecule has 1 aliphatic rings. The number of benzene rings is 1. The average molecular weight is 297 g/mol. The monoisotopic (exact) mass is 296 g/mol. The number of carbonyl (C=O) groups is 2. The van der Waals surface area contributed by atoms with Crippen LogP contribution in [0.5, 0.6) is 0 Å². The van der Waals surface area contributed by atoms with Crippen LogP contribution >= 0.6 is 15.9 Å². The summed E-state index contributed by atoms with van der Waals surface area (Å²) in [4.78, 5) is 25.3. The minimum atomic E-state index is -0.230. The van der Waals surface area contributed by atoms with Crippen molar-refractivity contribution < 1.29 is 9.59 Å². The molecule has 0 aliphatic carbocycles. The van der Waals surface area contributed by atoms with Gasteiger partial charge >= 0.3 is 0 Å². The molecule has 0 fully saturated rings. The maximum absolute atomic E-state index is 12.1. The van der Waals surface area contributed by atoms with Crippen molar-refractivity contribution in [1.82, 2.24) is 4.90 Å². The van der Waals surface area contributed by atoms with Gasteiger partial charge in [-0.15, -0.1) is 0 Å². The molecule has 0 radical (unpaired) electrons. The highest BCUT2D eigenvalue weighted by molar-refractivity contribution is 9.10. The zero-order valence-corrected chi connectivity index (χ0v) is 11.0. The first-order chi connectivity index (χ1) is 8.04. The maximum Gasteiger partial charge on any atom is 0.261 e. The number of hydrogen-bond donors (Lipinski definition) is 1. The summed E-state index contributed by atoms with van der Waals surface area (Å²) >= 11 is 3.29. The summed E-state index contributed by atoms with van der Waals surface area (Å²) in [5.74, 6) is -0.343. The third kappa shape index (κ3) is 2.12. The van der Waals surface area contributed by atoms with Gasteiger partial charge < -0.3 is 5.73 Å². The maximum atomic E-state index is 12.1. The van der Waals surface area contributed by atoms with Gasteiger partial charge in [0.1, 0.15) is 0 Å². The predicted octanol–water partition coefficient (Wildman–Crippen LogP) is 1.64. The van der Waals surface area contributed by atoms with Crippen molar-refractivity contribution in [3.63, 3.8) is 0 Å². The molecule has 0 aromatic heterocycles. The lowest BCUT2D eigenvalue weighted by atomic mass is 10.1. The summed E-state index contributed by atoms with van der Waals surface area (Å²) in [5, 5.41) is 0. The molecule has 5 heteroatoms. The number of fused-ring (bicyclic) bond motifs is 1. The molecule has 1 heterocycles. The Balaban J connectivity index is 2.32. The molecule has 2 N–H and O–H groups in total. The second-order valence-corrected chi connectivity index (χ2v) is 5.17. The normalized spacial score (nSPS) is 16.3. The van der Waals surface area contributed by atoms with E-state index in [-0.39, 0.29) is 17.7 Å². The lowest BCUT2D eigenvalue weighted by Crippen LogP contribution is -2.35. The van der Waals surface area contributed by atoms with Crippen LogP contribution in [-0.4, -0.2) is 29.8 Å². The first kappa shape index (κ1) is 12.3. The van der Waals surface area contributed by atoms with E-state index in [1.54, 1.807) is 18.2 Å². The van der Waals surface area contributed by atoms with Gasteiger partial charge in [0, 0.05) is 11.0 Å². The Labute approximate surface area is 108 Å². The van der Waals surface area contributed by atoms with E-state index in [2.05, 4.69) is 15.9 Å². The Morgan fingerprint density at radius 3 is 2.59 bits per heavy atom. The van der Waals surface area contributed by atoms with Crippen LogP contribution in [0.4, 0.5) is 0 Å². The van der Waals surface area contributed by atoms with Gasteiger partial charge in [-0.1, -0.05) is 22.9 Å². The van der Waals surface area contributed by atoms with Crippen molar-refractivity contribution in [3.8, 4) is 0 Å². The van der Waals surface area contributed by atoms with Crippen molar-refractivity contribution in [3.05, 3.63) is 33.8 Å². The van der Waals surface area contributed by atoms with Crippen LogP contribution in [0.3, 0.4) is 0 Å². The predicted molar refractivity (Wildman–Crippen MR) is 67.7 cm³/mol. The minimum absolute atomic E-state index is 0.112. The molecule has 4 nitrogen and oxygen atoms in total. The Morgan fingerprint density at radius 2 is 1.94 bits per heavy atom. The van der Waals surface area contributed by atoms with Crippen LogP contribution < -0.4 is 5.73 Å². The highest BCUT2D eigenvalue weighted by Crippen LogP contribution is 2.26. The molecule has 1 unspecified atom stereocenters. The third-order valence-corrected chi connectivity index (χ3v) is 3.32. The highest BCUT2D eigenvalue weighted by atomic mass is 79.9. The summed E-state index contributed by atoms with van der Waals surface area (Å²) in [6, 6.07) is 5.12. The molecule has 2 amide bonds. The molecule has 1 aromatic carbocycles. The molecule has 17 heavy (non-hydrogen) atoms. The lowest BCUT2D eigenvalue weighted by Gasteiger charge is -2.17. The van der Waals surface area contributed by atoms with E-state index in [0.29, 0.717) is 24.2 Å². The summed E-state index contributed by atoms with van der Waals surface area (Å²) in [5.41, 5.74) is 6.45. The van der Waals surface area contributed by atoms with E-state index in [1.165, 1.54) is 4.90 Å². The molecule has 0 spiro atoms. The van der Waals surface area contributed by atoms with E-state index in [1.807, 2.05) is 6.92 Å². The first-order valence-electron chi connectivity index (χ1n) is 5.40. The summed E-state index contributed by atoms with van der Waals surface area (Å²) in [6.45, 7) is 2.75. The Hall–Kier alpha value is -1.20. The van der Waals surface area contributed by atoms with Crippen molar-refractivity contribution in [1.29, 1.82) is 0 Å². The van der Waals surface area contributed by atoms with Gasteiger partial charge in [-0.2, -0.15) is 0 Å². The van der Waals surface area contributed by atoms with Crippen LogP contribution in [0.1, 0.15) is 27.6 Å². The third-order valence-electron chi connectivity index (χ3n) is 2.83. The molecule has 90 valence electrons. The number of carbonyl (C=O) groups excluding carboxylic acids is 2. The van der Waals surface area contributed by atoms with Crippen LogP contribution in [0, 0.1) is 5.92 Å². The largest absolute Gasteiger partial charge is 0.330 e. The molecule has 1 aliphatic heterocycles. The van der Waals surface area contributed by atoms with Gasteiger partial charge in [-0.25, -0.2) is 0 Å². The average Bonchev–Trinajstić information content (AvgIpc) is 2.54. The summed E-state index contributed by atoms with van der Waals surface area (Å²) < 4.78 is 0.797. The number of rotatable bonds is 3. The highest BCUT2D eigenvalue weighted by Gasteiger charge is 2.35. The van der Waals surface area contributed by atoms with Crippen LogP contribution in [0.15, 0.2) is 22.7 Å². The zero-order valence-electron chi connectivity index (χ0n) is 9.44. The first-order valence-corrected chi connectivity index (χ1v) is 6.19. The number of halogens is 1. The van der Waals surface area contributed by atoms with Gasteiger partial charge in [0.05, 0.1) is 11.1 Å². The van der Waals surface area contributed by atoms with Gasteiger partial charge in [0.2, 0.25) is 0 Å². The Morgan fingerprint density at radius 1 is 1.29 bits per heavy atom. The quantitative estimate of drug-likeness (QED) is 0.863. The molecular formula is C12H13BrN2O2. The van der Waals surface area contributed by atoms with Crippen LogP contribution in [-0.2, 0) is 0 Å². The lowest BCUT2D eigenvalue weighted by molar-refractivity contribution is 0.0634. The molecule has 2 rings (SSSR count). The van der Waals surface area contributed by atoms with Gasteiger partial charge in [0.15, 0.2) is 0 Å². The van der Waals surface area contributed by atoms with Crippen LogP contribution in [0.25, 0.3) is 0 Å². The molecule has 0 saturated carbocycles. The smallest absolute Gasteiger partial charge is 0.261 e. The van der Waals surface area contributed by atoms with Crippen molar-refractivity contribution in [2.75, 3.05) is 13.1 Å². The fraction of sp³-hybridized carbons (Fsp3) is 0.333. The Bertz CT molecular complexity index is 487. The van der Waals surface area contributed by atoms with Crippen molar-refractivity contribution in [2.24, 2.45) is 11.7 Å². The zero-order chi connectivity index (χ0) is 12.6.